The van der Waals surface area contributed by atoms with Gasteiger partial charge >= 0.3 is 0 Å². The number of ether oxygens (including phenoxy) is 1. The zero-order chi connectivity index (χ0) is 11.1. The standard InChI is InChI=1S/C10H17ClN2O2/c1-12(4-2-3-11)9-10(14)13-5-7-15-8-6-13/h2-3H,4-9H2,1H3/b3-2+. The van der Waals surface area contributed by atoms with Crippen molar-refractivity contribution < 1.29 is 9.53 Å². The first-order valence-corrected chi connectivity index (χ1v) is 5.47. The van der Waals surface area contributed by atoms with Crippen molar-refractivity contribution in [3.63, 3.8) is 0 Å². The lowest BCUT2D eigenvalue weighted by molar-refractivity contribution is -0.136. The van der Waals surface area contributed by atoms with Crippen LogP contribution in [0.25, 0.3) is 0 Å². The molecule has 0 aromatic carbocycles. The average Bonchev–Trinajstić information content (AvgIpc) is 2.27. The molecular formula is C10H17ClN2O2. The lowest BCUT2D eigenvalue weighted by atomic mass is 10.4. The maximum absolute atomic E-state index is 11.7. The van der Waals surface area contributed by atoms with Gasteiger partial charge in [-0.1, -0.05) is 17.7 Å². The van der Waals surface area contributed by atoms with Gasteiger partial charge in [0.2, 0.25) is 5.91 Å². The van der Waals surface area contributed by atoms with Crippen LogP contribution in [0.3, 0.4) is 0 Å². The third-order valence-corrected chi connectivity index (χ3v) is 2.45. The van der Waals surface area contributed by atoms with E-state index >= 15 is 0 Å². The summed E-state index contributed by atoms with van der Waals surface area (Å²) in [6, 6.07) is 0. The third kappa shape index (κ3) is 4.64. The molecule has 1 fully saturated rings. The van der Waals surface area contributed by atoms with E-state index < -0.39 is 0 Å². The van der Waals surface area contributed by atoms with Gasteiger partial charge in [-0.15, -0.1) is 0 Å². The minimum atomic E-state index is 0.156. The van der Waals surface area contributed by atoms with Crippen molar-refractivity contribution in [1.29, 1.82) is 0 Å². The zero-order valence-corrected chi connectivity index (χ0v) is 9.74. The summed E-state index contributed by atoms with van der Waals surface area (Å²) in [7, 11) is 1.90. The monoisotopic (exact) mass is 232 g/mol. The van der Waals surface area contributed by atoms with E-state index in [2.05, 4.69) is 0 Å². The van der Waals surface area contributed by atoms with Crippen molar-refractivity contribution in [1.82, 2.24) is 9.80 Å². The van der Waals surface area contributed by atoms with Gasteiger partial charge in [0.05, 0.1) is 19.8 Å². The first-order valence-electron chi connectivity index (χ1n) is 5.03. The highest BCUT2D eigenvalue weighted by Crippen LogP contribution is 1.98. The zero-order valence-electron chi connectivity index (χ0n) is 8.99. The molecule has 0 spiro atoms. The fraction of sp³-hybridized carbons (Fsp3) is 0.700. The molecule has 0 aliphatic carbocycles. The largest absolute Gasteiger partial charge is 0.378 e. The van der Waals surface area contributed by atoms with Gasteiger partial charge in [-0.05, 0) is 7.05 Å². The Balaban J connectivity index is 2.27. The van der Waals surface area contributed by atoms with E-state index in [1.54, 1.807) is 0 Å². The Morgan fingerprint density at radius 2 is 2.20 bits per heavy atom. The van der Waals surface area contributed by atoms with E-state index in [9.17, 15) is 4.79 Å². The van der Waals surface area contributed by atoms with Crippen LogP contribution >= 0.6 is 11.6 Å². The molecular weight excluding hydrogens is 216 g/mol. The first-order chi connectivity index (χ1) is 7.24. The van der Waals surface area contributed by atoms with E-state index in [1.807, 2.05) is 22.9 Å². The van der Waals surface area contributed by atoms with Crippen molar-refractivity contribution in [2.75, 3.05) is 46.4 Å². The highest BCUT2D eigenvalue weighted by molar-refractivity contribution is 6.25. The fourth-order valence-corrected chi connectivity index (χ4v) is 1.51. The predicted molar refractivity (Wildman–Crippen MR) is 59.9 cm³/mol. The van der Waals surface area contributed by atoms with Gasteiger partial charge in [0.15, 0.2) is 0 Å². The second-order valence-electron chi connectivity index (χ2n) is 3.55. The molecule has 86 valence electrons. The second-order valence-corrected chi connectivity index (χ2v) is 3.80. The van der Waals surface area contributed by atoms with Crippen LogP contribution in [0.2, 0.25) is 0 Å². The number of morpholine rings is 1. The number of carbonyl (C=O) groups excluding carboxylic acids is 1. The second kappa shape index (κ2) is 6.82. The summed E-state index contributed by atoms with van der Waals surface area (Å²) in [6.45, 7) is 3.84. The molecule has 5 heteroatoms. The van der Waals surface area contributed by atoms with Crippen LogP contribution in [-0.4, -0.2) is 62.1 Å². The Kier molecular flexibility index (Phi) is 5.68. The molecule has 0 aromatic heterocycles. The van der Waals surface area contributed by atoms with Gasteiger partial charge in [-0.2, -0.15) is 0 Å². The smallest absolute Gasteiger partial charge is 0.236 e. The number of amides is 1. The molecule has 1 aliphatic rings. The quantitative estimate of drug-likeness (QED) is 0.709. The fourth-order valence-electron chi connectivity index (χ4n) is 1.43. The summed E-state index contributed by atoms with van der Waals surface area (Å²) in [6.07, 6.45) is 1.81. The summed E-state index contributed by atoms with van der Waals surface area (Å²) >= 11 is 5.41. The molecule has 0 unspecified atom stereocenters. The van der Waals surface area contributed by atoms with Gasteiger partial charge in [-0.3, -0.25) is 9.69 Å². The molecule has 1 amide bonds. The highest BCUT2D eigenvalue weighted by Gasteiger charge is 2.17. The molecule has 1 saturated heterocycles. The summed E-state index contributed by atoms with van der Waals surface area (Å²) in [5.74, 6) is 0.156. The van der Waals surface area contributed by atoms with Crippen molar-refractivity contribution in [3.8, 4) is 0 Å². The Bertz CT molecular complexity index is 227. The number of nitrogens with zero attached hydrogens (tertiary/aromatic N) is 2. The van der Waals surface area contributed by atoms with Crippen molar-refractivity contribution in [2.24, 2.45) is 0 Å². The predicted octanol–water partition coefficient (Wildman–Crippen LogP) is 0.530. The van der Waals surface area contributed by atoms with Crippen LogP contribution in [0.5, 0.6) is 0 Å². The molecule has 4 nitrogen and oxygen atoms in total. The minimum Gasteiger partial charge on any atom is -0.378 e. The minimum absolute atomic E-state index is 0.156. The summed E-state index contributed by atoms with van der Waals surface area (Å²) in [5.41, 5.74) is 1.47. The Morgan fingerprint density at radius 1 is 1.53 bits per heavy atom. The molecule has 15 heavy (non-hydrogen) atoms. The number of halogens is 1. The van der Waals surface area contributed by atoms with E-state index in [0.717, 1.165) is 0 Å². The van der Waals surface area contributed by atoms with Crippen molar-refractivity contribution in [2.45, 2.75) is 0 Å². The van der Waals surface area contributed by atoms with Crippen LogP contribution in [0.1, 0.15) is 0 Å². The van der Waals surface area contributed by atoms with Crippen LogP contribution < -0.4 is 0 Å². The van der Waals surface area contributed by atoms with Crippen LogP contribution in [0.4, 0.5) is 0 Å². The Hall–Kier alpha value is -0.580. The number of rotatable bonds is 4. The van der Waals surface area contributed by atoms with Crippen LogP contribution in [0.15, 0.2) is 11.6 Å². The topological polar surface area (TPSA) is 32.8 Å². The SMILES string of the molecule is CN(C/C=C/Cl)CC(=O)N1CCOCC1. The highest BCUT2D eigenvalue weighted by atomic mass is 35.5. The number of hydrogen-bond acceptors (Lipinski definition) is 3. The first kappa shape index (κ1) is 12.5. The van der Waals surface area contributed by atoms with Crippen LogP contribution in [0, 0.1) is 0 Å². The normalized spacial score (nSPS) is 17.7. The summed E-state index contributed by atoms with van der Waals surface area (Å²) in [4.78, 5) is 15.5. The maximum Gasteiger partial charge on any atom is 0.236 e. The van der Waals surface area contributed by atoms with Crippen LogP contribution in [-0.2, 0) is 9.53 Å². The van der Waals surface area contributed by atoms with Gasteiger partial charge < -0.3 is 9.64 Å². The number of likely N-dealkylation sites (N-methyl/N-ethyl adjacent to an activating group) is 1. The Labute approximate surface area is 95.4 Å². The maximum atomic E-state index is 11.7. The molecule has 1 aliphatic heterocycles. The van der Waals surface area contributed by atoms with Gasteiger partial charge in [-0.25, -0.2) is 0 Å². The summed E-state index contributed by atoms with van der Waals surface area (Å²) in [5, 5.41) is 0. The van der Waals surface area contributed by atoms with Gasteiger partial charge in [0.25, 0.3) is 0 Å². The average molecular weight is 233 g/mol. The molecule has 0 N–H and O–H groups in total. The lowest BCUT2D eigenvalue weighted by Gasteiger charge is -2.28. The molecule has 0 saturated carbocycles. The number of carbonyl (C=O) groups is 1. The van der Waals surface area contributed by atoms with Gasteiger partial charge in [0, 0.05) is 25.2 Å². The Morgan fingerprint density at radius 3 is 2.80 bits per heavy atom. The van der Waals surface area contributed by atoms with Crippen molar-refractivity contribution >= 4 is 17.5 Å². The lowest BCUT2D eigenvalue weighted by Crippen LogP contribution is -2.45. The van der Waals surface area contributed by atoms with E-state index in [0.29, 0.717) is 39.4 Å². The summed E-state index contributed by atoms with van der Waals surface area (Å²) < 4.78 is 5.18. The van der Waals surface area contributed by atoms with E-state index in [-0.39, 0.29) is 5.91 Å². The molecule has 1 rings (SSSR count). The molecule has 1 heterocycles. The van der Waals surface area contributed by atoms with E-state index in [4.69, 9.17) is 16.3 Å². The van der Waals surface area contributed by atoms with E-state index in [1.165, 1.54) is 5.54 Å². The van der Waals surface area contributed by atoms with Crippen molar-refractivity contribution in [3.05, 3.63) is 11.6 Å². The number of hydrogen-bond donors (Lipinski definition) is 0. The molecule has 0 bridgehead atoms. The van der Waals surface area contributed by atoms with Gasteiger partial charge in [0.1, 0.15) is 0 Å². The molecule has 0 aromatic rings. The third-order valence-electron chi connectivity index (χ3n) is 2.28. The molecule has 0 atom stereocenters. The molecule has 0 radical (unpaired) electrons.